The van der Waals surface area contributed by atoms with Crippen molar-refractivity contribution in [2.75, 3.05) is 6.61 Å². The molecule has 0 saturated carbocycles. The van der Waals surface area contributed by atoms with Crippen LogP contribution in [-0.4, -0.2) is 83.3 Å². The van der Waals surface area contributed by atoms with Crippen LogP contribution in [0.15, 0.2) is 12.7 Å². The molecule has 0 aliphatic carbocycles. The summed E-state index contributed by atoms with van der Waals surface area (Å²) in [5.41, 5.74) is 0. The molecule has 0 bridgehead atoms. The zero-order valence-electron chi connectivity index (χ0n) is 18.0. The number of aliphatic hydroxyl groups is 1. The van der Waals surface area contributed by atoms with E-state index in [4.69, 9.17) is 5.11 Å². The molecule has 0 aromatic heterocycles. The van der Waals surface area contributed by atoms with Crippen molar-refractivity contribution < 1.29 is 107 Å². The molecule has 238 valence electrons. The van der Waals surface area contributed by atoms with Crippen LogP contribution in [0.25, 0.3) is 0 Å². The lowest BCUT2D eigenvalue weighted by molar-refractivity contribution is -0.474. The topological polar surface area (TPSA) is 46.5 Å². The van der Waals surface area contributed by atoms with Crippen molar-refractivity contribution >= 4 is 5.97 Å². The number of alkyl halides is 21. The van der Waals surface area contributed by atoms with Gasteiger partial charge in [-0.3, -0.25) is 0 Å². The maximum Gasteiger partial charge on any atom is 0.460 e. The van der Waals surface area contributed by atoms with E-state index in [2.05, 4.69) is 11.3 Å². The van der Waals surface area contributed by atoms with Crippen LogP contribution in [-0.2, 0) is 9.53 Å². The van der Waals surface area contributed by atoms with Crippen LogP contribution in [0.5, 0.6) is 0 Å². The van der Waals surface area contributed by atoms with Crippen molar-refractivity contribution in [3.8, 4) is 0 Å². The monoisotopic (exact) mass is 648 g/mol. The van der Waals surface area contributed by atoms with Crippen molar-refractivity contribution in [2.45, 2.75) is 72.0 Å². The van der Waals surface area contributed by atoms with Crippen molar-refractivity contribution in [2.24, 2.45) is 0 Å². The van der Waals surface area contributed by atoms with Gasteiger partial charge in [0.05, 0.1) is 6.10 Å². The van der Waals surface area contributed by atoms with E-state index in [1.165, 1.54) is 0 Å². The van der Waals surface area contributed by atoms with Crippen molar-refractivity contribution in [1.29, 1.82) is 0 Å². The molecule has 0 rings (SSSR count). The Hall–Kier alpha value is -2.30. The third-order valence-corrected chi connectivity index (χ3v) is 4.65. The second-order valence-corrected chi connectivity index (χ2v) is 7.49. The summed E-state index contributed by atoms with van der Waals surface area (Å²) in [7, 11) is 0. The van der Waals surface area contributed by atoms with Gasteiger partial charge in [0.1, 0.15) is 6.61 Å². The minimum Gasteiger partial charge on any atom is -0.460 e. The summed E-state index contributed by atoms with van der Waals surface area (Å²) >= 11 is 0. The van der Waals surface area contributed by atoms with E-state index < -0.39 is 84.6 Å². The van der Waals surface area contributed by atoms with Crippen LogP contribution < -0.4 is 0 Å². The highest BCUT2D eigenvalue weighted by Gasteiger charge is 2.97. The molecule has 0 fully saturated rings. The highest BCUT2D eigenvalue weighted by atomic mass is 19.4. The first kappa shape index (κ1) is 37.7. The Kier molecular flexibility index (Phi) is 9.62. The SMILES string of the molecule is C=CC(=O)OCC(O)CC(F)(F)C(F)(F)C(F)(F)C(F)(F)C(F)(F)C(F)(F)C(F)(F)C(F)(F)C(F)(F)C(F)(F)F. The van der Waals surface area contributed by atoms with E-state index in [0.29, 0.717) is 0 Å². The zero-order chi connectivity index (χ0) is 33.0. The van der Waals surface area contributed by atoms with Crippen LogP contribution in [0.3, 0.4) is 0 Å². The van der Waals surface area contributed by atoms with Crippen LogP contribution in [0, 0.1) is 0 Å². The average molecular weight is 648 g/mol. The quantitative estimate of drug-likeness (QED) is 0.137. The molecule has 40 heavy (non-hydrogen) atoms. The molecular formula is C16H9F21O3. The minimum atomic E-state index is -9.26. The molecular weight excluding hydrogens is 639 g/mol. The van der Waals surface area contributed by atoms with E-state index >= 15 is 0 Å². The third-order valence-electron chi connectivity index (χ3n) is 4.65. The second kappa shape index (κ2) is 10.2. The average Bonchev–Trinajstić information content (AvgIpc) is 2.75. The minimum absolute atomic E-state index is 0.209. The van der Waals surface area contributed by atoms with Gasteiger partial charge in [0, 0.05) is 12.5 Å². The van der Waals surface area contributed by atoms with Crippen LogP contribution in [0.4, 0.5) is 92.2 Å². The molecule has 0 heterocycles. The highest BCUT2D eigenvalue weighted by Crippen LogP contribution is 2.66. The highest BCUT2D eigenvalue weighted by molar-refractivity contribution is 5.81. The Morgan fingerprint density at radius 3 is 1.12 bits per heavy atom. The molecule has 0 saturated heterocycles. The van der Waals surface area contributed by atoms with E-state index in [9.17, 15) is 97.0 Å². The molecule has 0 spiro atoms. The summed E-state index contributed by atoms with van der Waals surface area (Å²) in [5, 5.41) is 9.02. The third kappa shape index (κ3) is 5.23. The van der Waals surface area contributed by atoms with Gasteiger partial charge in [0.2, 0.25) is 0 Å². The molecule has 0 radical (unpaired) electrons. The predicted molar refractivity (Wildman–Crippen MR) is 82.4 cm³/mol. The van der Waals surface area contributed by atoms with E-state index in [-0.39, 0.29) is 6.08 Å². The molecule has 0 aromatic rings. The van der Waals surface area contributed by atoms with Crippen LogP contribution in [0.2, 0.25) is 0 Å². The smallest absolute Gasteiger partial charge is 0.460 e. The zero-order valence-corrected chi connectivity index (χ0v) is 18.0. The van der Waals surface area contributed by atoms with E-state index in [1.807, 2.05) is 0 Å². The standard InChI is InChI=1S/C16H9F21O3/c1-2-6(39)40-4-5(38)3-7(17,18)8(19,20)9(21,22)10(23,24)11(25,26)12(27,28)13(29,30)14(31,32)15(33,34)16(35,36)37/h2,5,38H,1,3-4H2. The van der Waals surface area contributed by atoms with Gasteiger partial charge in [-0.25, -0.2) is 4.79 Å². The van der Waals surface area contributed by atoms with Gasteiger partial charge in [-0.1, -0.05) is 6.58 Å². The summed E-state index contributed by atoms with van der Waals surface area (Å²) in [4.78, 5) is 10.7. The van der Waals surface area contributed by atoms with Gasteiger partial charge in [-0.2, -0.15) is 92.2 Å². The van der Waals surface area contributed by atoms with Crippen molar-refractivity contribution in [3.63, 3.8) is 0 Å². The number of hydrogen-bond acceptors (Lipinski definition) is 3. The molecule has 1 unspecified atom stereocenters. The lowest BCUT2D eigenvalue weighted by Gasteiger charge is -2.44. The first-order valence-electron chi connectivity index (χ1n) is 9.04. The number of rotatable bonds is 13. The molecule has 24 heteroatoms. The molecule has 0 aliphatic heterocycles. The summed E-state index contributed by atoms with van der Waals surface area (Å²) in [6.07, 6.45) is -14.4. The number of ether oxygens (including phenoxy) is 1. The number of halogens is 21. The summed E-state index contributed by atoms with van der Waals surface area (Å²) in [6, 6.07) is 0. The van der Waals surface area contributed by atoms with Crippen molar-refractivity contribution in [1.82, 2.24) is 0 Å². The normalized spacial score (nSPS) is 16.6. The predicted octanol–water partition coefficient (Wildman–Crippen LogP) is 6.75. The fourth-order valence-electron chi connectivity index (χ4n) is 2.31. The number of esters is 1. The Bertz CT molecular complexity index is 935. The first-order valence-corrected chi connectivity index (χ1v) is 9.04. The van der Waals surface area contributed by atoms with Gasteiger partial charge in [-0.05, 0) is 0 Å². The number of aliphatic hydroxyl groups excluding tert-OH is 1. The van der Waals surface area contributed by atoms with Gasteiger partial charge in [0.15, 0.2) is 0 Å². The Morgan fingerprint density at radius 2 is 0.850 bits per heavy atom. The van der Waals surface area contributed by atoms with E-state index in [1.54, 1.807) is 0 Å². The molecule has 0 aromatic carbocycles. The first-order chi connectivity index (χ1) is 17.1. The number of carbonyl (C=O) groups is 1. The second-order valence-electron chi connectivity index (χ2n) is 7.49. The maximum absolute atomic E-state index is 13.7. The molecule has 1 N–H and O–H groups in total. The lowest BCUT2D eigenvalue weighted by Crippen LogP contribution is -2.76. The Labute approximate surface area is 205 Å². The summed E-state index contributed by atoms with van der Waals surface area (Å²) in [6.45, 7) is 0.802. The van der Waals surface area contributed by atoms with Gasteiger partial charge < -0.3 is 9.84 Å². The summed E-state index contributed by atoms with van der Waals surface area (Å²) in [5.74, 6) is -79.7. The van der Waals surface area contributed by atoms with Gasteiger partial charge in [0.25, 0.3) is 0 Å². The Balaban J connectivity index is 6.80. The van der Waals surface area contributed by atoms with Gasteiger partial charge >= 0.3 is 65.4 Å². The molecule has 1 atom stereocenters. The fraction of sp³-hybridized carbons (Fsp3) is 0.812. The lowest BCUT2D eigenvalue weighted by atomic mass is 9.85. The molecule has 0 aliphatic rings. The molecule has 0 amide bonds. The number of carbonyl (C=O) groups excluding carboxylic acids is 1. The fourth-order valence-corrected chi connectivity index (χ4v) is 2.31. The number of hydrogen-bond donors (Lipinski definition) is 1. The maximum atomic E-state index is 13.7. The molecule has 3 nitrogen and oxygen atoms in total. The van der Waals surface area contributed by atoms with Crippen LogP contribution in [0.1, 0.15) is 6.42 Å². The Morgan fingerprint density at radius 1 is 0.575 bits per heavy atom. The van der Waals surface area contributed by atoms with Crippen LogP contribution >= 0.6 is 0 Å². The van der Waals surface area contributed by atoms with Gasteiger partial charge in [-0.15, -0.1) is 0 Å². The summed E-state index contributed by atoms with van der Waals surface area (Å²) < 4.78 is 282. The largest absolute Gasteiger partial charge is 0.460 e. The van der Waals surface area contributed by atoms with Crippen molar-refractivity contribution in [3.05, 3.63) is 12.7 Å². The van der Waals surface area contributed by atoms with E-state index in [0.717, 1.165) is 0 Å².